The van der Waals surface area contributed by atoms with Crippen LogP contribution in [0.15, 0.2) is 16.6 Å². The maximum atomic E-state index is 11.0. The van der Waals surface area contributed by atoms with Crippen molar-refractivity contribution in [2.75, 3.05) is 6.61 Å². The van der Waals surface area contributed by atoms with Crippen molar-refractivity contribution in [2.45, 2.75) is 25.3 Å². The molecule has 0 spiro atoms. The lowest BCUT2D eigenvalue weighted by molar-refractivity contribution is -0.128. The average Bonchev–Trinajstić information content (AvgIpc) is 2.24. The number of nitrogens with one attached hydrogen (secondary N) is 1. The summed E-state index contributed by atoms with van der Waals surface area (Å²) in [6, 6.07) is 4.30. The van der Waals surface area contributed by atoms with Gasteiger partial charge in [0.15, 0.2) is 0 Å². The van der Waals surface area contributed by atoms with Gasteiger partial charge in [0, 0.05) is 10.0 Å². The number of hydrogen-bond acceptors (Lipinski definition) is 2. The molecule has 4 heteroatoms. The standard InChI is InChI=1S/C12H12BrNO2/c13-8-4-7-2-1-3-16-12(7)9(5-8)10-6-11(15)14-10/h4-5,10H,1-3,6H2,(H,14,15). The Morgan fingerprint density at radius 1 is 1.44 bits per heavy atom. The molecule has 3 nitrogen and oxygen atoms in total. The van der Waals surface area contributed by atoms with Gasteiger partial charge in [0.1, 0.15) is 5.75 Å². The van der Waals surface area contributed by atoms with Gasteiger partial charge < -0.3 is 10.1 Å². The van der Waals surface area contributed by atoms with E-state index in [4.69, 9.17) is 4.74 Å². The SMILES string of the molecule is O=C1CC(c2cc(Br)cc3c2OCCC3)N1. The highest BCUT2D eigenvalue weighted by atomic mass is 79.9. The van der Waals surface area contributed by atoms with E-state index in [-0.39, 0.29) is 11.9 Å². The summed E-state index contributed by atoms with van der Waals surface area (Å²) in [5.74, 6) is 1.11. The van der Waals surface area contributed by atoms with E-state index in [1.165, 1.54) is 5.56 Å². The molecule has 16 heavy (non-hydrogen) atoms. The van der Waals surface area contributed by atoms with E-state index >= 15 is 0 Å². The summed E-state index contributed by atoms with van der Waals surface area (Å²) < 4.78 is 6.79. The van der Waals surface area contributed by atoms with E-state index in [1.54, 1.807) is 0 Å². The molecule has 1 aromatic rings. The fourth-order valence-corrected chi connectivity index (χ4v) is 2.80. The molecule has 1 N–H and O–H groups in total. The highest BCUT2D eigenvalue weighted by Gasteiger charge is 2.31. The minimum Gasteiger partial charge on any atom is -0.493 e. The number of amides is 1. The van der Waals surface area contributed by atoms with Crippen molar-refractivity contribution < 1.29 is 9.53 Å². The van der Waals surface area contributed by atoms with Gasteiger partial charge in [0.25, 0.3) is 0 Å². The van der Waals surface area contributed by atoms with Crippen molar-refractivity contribution >= 4 is 21.8 Å². The number of halogens is 1. The minimum atomic E-state index is 0.120. The topological polar surface area (TPSA) is 38.3 Å². The third-order valence-corrected chi connectivity index (χ3v) is 3.55. The first-order chi connectivity index (χ1) is 7.74. The minimum absolute atomic E-state index is 0.120. The van der Waals surface area contributed by atoms with Crippen LogP contribution in [-0.2, 0) is 11.2 Å². The first-order valence-corrected chi connectivity index (χ1v) is 6.28. The van der Waals surface area contributed by atoms with Gasteiger partial charge in [-0.05, 0) is 30.5 Å². The Hall–Kier alpha value is -1.03. The van der Waals surface area contributed by atoms with Gasteiger partial charge in [-0.15, -0.1) is 0 Å². The number of rotatable bonds is 1. The molecule has 84 valence electrons. The summed E-state index contributed by atoms with van der Waals surface area (Å²) in [5, 5.41) is 2.90. The number of carbonyl (C=O) groups is 1. The molecule has 0 aliphatic carbocycles. The van der Waals surface area contributed by atoms with Crippen LogP contribution in [0.3, 0.4) is 0 Å². The third-order valence-electron chi connectivity index (χ3n) is 3.10. The summed E-state index contributed by atoms with van der Waals surface area (Å²) in [6.45, 7) is 0.780. The molecule has 0 aromatic heterocycles. The number of β-lactam (4-membered cyclic amide) rings is 1. The van der Waals surface area contributed by atoms with Crippen LogP contribution in [0.2, 0.25) is 0 Å². The average molecular weight is 282 g/mol. The Balaban J connectivity index is 2.02. The van der Waals surface area contributed by atoms with E-state index in [9.17, 15) is 4.79 Å². The largest absolute Gasteiger partial charge is 0.493 e. The zero-order valence-electron chi connectivity index (χ0n) is 8.75. The highest BCUT2D eigenvalue weighted by molar-refractivity contribution is 9.10. The van der Waals surface area contributed by atoms with E-state index in [1.807, 2.05) is 6.07 Å². The van der Waals surface area contributed by atoms with Crippen LogP contribution in [0.1, 0.15) is 30.0 Å². The van der Waals surface area contributed by atoms with Gasteiger partial charge in [-0.2, -0.15) is 0 Å². The molecular formula is C12H12BrNO2. The second-order valence-electron chi connectivity index (χ2n) is 4.26. The Bertz CT molecular complexity index is 451. The number of fused-ring (bicyclic) bond motifs is 1. The molecule has 3 rings (SSSR count). The van der Waals surface area contributed by atoms with Crippen LogP contribution >= 0.6 is 15.9 Å². The zero-order chi connectivity index (χ0) is 11.1. The van der Waals surface area contributed by atoms with Crippen molar-refractivity contribution in [3.05, 3.63) is 27.7 Å². The fraction of sp³-hybridized carbons (Fsp3) is 0.417. The molecule has 0 saturated carbocycles. The lowest BCUT2D eigenvalue weighted by Crippen LogP contribution is -2.41. The molecule has 2 aliphatic heterocycles. The Kier molecular flexibility index (Phi) is 2.39. The zero-order valence-corrected chi connectivity index (χ0v) is 10.3. The molecule has 2 heterocycles. The van der Waals surface area contributed by atoms with Gasteiger partial charge in [-0.25, -0.2) is 0 Å². The lowest BCUT2D eigenvalue weighted by atomic mass is 9.92. The summed E-state index contributed by atoms with van der Waals surface area (Å²) in [4.78, 5) is 11.0. The van der Waals surface area contributed by atoms with E-state index < -0.39 is 0 Å². The molecule has 1 saturated heterocycles. The fourth-order valence-electron chi connectivity index (χ4n) is 2.28. The molecule has 1 fully saturated rings. The van der Waals surface area contributed by atoms with Crippen LogP contribution in [0, 0.1) is 0 Å². The molecule has 1 amide bonds. The number of benzene rings is 1. The maximum absolute atomic E-state index is 11.0. The predicted octanol–water partition coefficient (Wildman–Crippen LogP) is 2.34. The Morgan fingerprint density at radius 2 is 2.25 bits per heavy atom. The summed E-state index contributed by atoms with van der Waals surface area (Å²) >= 11 is 3.51. The van der Waals surface area contributed by atoms with Crippen molar-refractivity contribution in [1.82, 2.24) is 5.32 Å². The summed E-state index contributed by atoms with van der Waals surface area (Å²) in [7, 11) is 0. The van der Waals surface area contributed by atoms with Gasteiger partial charge in [-0.3, -0.25) is 4.79 Å². The smallest absolute Gasteiger partial charge is 0.222 e. The van der Waals surface area contributed by atoms with Crippen LogP contribution < -0.4 is 10.1 Å². The number of aryl methyl sites for hydroxylation is 1. The van der Waals surface area contributed by atoms with Crippen LogP contribution in [0.5, 0.6) is 5.75 Å². The van der Waals surface area contributed by atoms with E-state index in [0.29, 0.717) is 6.42 Å². The maximum Gasteiger partial charge on any atom is 0.222 e. The van der Waals surface area contributed by atoms with Gasteiger partial charge in [0.05, 0.1) is 19.1 Å². The monoisotopic (exact) mass is 281 g/mol. The highest BCUT2D eigenvalue weighted by Crippen LogP contribution is 2.38. The van der Waals surface area contributed by atoms with Crippen molar-refractivity contribution in [3.8, 4) is 5.75 Å². The number of carbonyl (C=O) groups excluding carboxylic acids is 1. The number of hydrogen-bond donors (Lipinski definition) is 1. The first kappa shape index (κ1) is 10.1. The van der Waals surface area contributed by atoms with Gasteiger partial charge in [0.2, 0.25) is 5.91 Å². The molecule has 0 radical (unpaired) electrons. The second-order valence-corrected chi connectivity index (χ2v) is 5.18. The van der Waals surface area contributed by atoms with Crippen molar-refractivity contribution in [1.29, 1.82) is 0 Å². The summed E-state index contributed by atoms with van der Waals surface area (Å²) in [5.41, 5.74) is 2.36. The molecule has 1 atom stereocenters. The molecule has 0 bridgehead atoms. The van der Waals surface area contributed by atoms with E-state index in [2.05, 4.69) is 27.3 Å². The molecular weight excluding hydrogens is 270 g/mol. The first-order valence-electron chi connectivity index (χ1n) is 5.48. The summed E-state index contributed by atoms with van der Waals surface area (Å²) in [6.07, 6.45) is 2.70. The predicted molar refractivity (Wildman–Crippen MR) is 63.5 cm³/mol. The van der Waals surface area contributed by atoms with Crippen molar-refractivity contribution in [2.24, 2.45) is 0 Å². The molecule has 1 unspecified atom stereocenters. The van der Waals surface area contributed by atoms with Crippen LogP contribution in [0.25, 0.3) is 0 Å². The normalized spacial score (nSPS) is 22.8. The molecule has 1 aromatic carbocycles. The van der Waals surface area contributed by atoms with E-state index in [0.717, 1.165) is 35.2 Å². The second kappa shape index (κ2) is 3.77. The third kappa shape index (κ3) is 1.61. The van der Waals surface area contributed by atoms with Crippen LogP contribution in [0.4, 0.5) is 0 Å². The van der Waals surface area contributed by atoms with Crippen molar-refractivity contribution in [3.63, 3.8) is 0 Å². The number of ether oxygens (including phenoxy) is 1. The van der Waals surface area contributed by atoms with Gasteiger partial charge in [-0.1, -0.05) is 15.9 Å². The van der Waals surface area contributed by atoms with Crippen LogP contribution in [-0.4, -0.2) is 12.5 Å². The quantitative estimate of drug-likeness (QED) is 0.803. The lowest BCUT2D eigenvalue weighted by Gasteiger charge is -2.31. The Morgan fingerprint density at radius 3 is 3.00 bits per heavy atom. The van der Waals surface area contributed by atoms with Gasteiger partial charge >= 0.3 is 0 Å². The Labute approximate surface area is 102 Å². The molecule has 2 aliphatic rings.